The van der Waals surface area contributed by atoms with Crippen LogP contribution in [0.4, 0.5) is 0 Å². The first-order valence-corrected chi connectivity index (χ1v) is 7.40. The van der Waals surface area contributed by atoms with Gasteiger partial charge >= 0.3 is 0 Å². The van der Waals surface area contributed by atoms with Crippen LogP contribution in [0, 0.1) is 17.8 Å². The lowest BCUT2D eigenvalue weighted by Gasteiger charge is -2.40. The molecule has 0 radical (unpaired) electrons. The van der Waals surface area contributed by atoms with Crippen molar-refractivity contribution in [3.05, 3.63) is 0 Å². The van der Waals surface area contributed by atoms with E-state index < -0.39 is 0 Å². The molecule has 1 heterocycles. The maximum absolute atomic E-state index is 10.7. The van der Waals surface area contributed by atoms with Gasteiger partial charge in [-0.3, -0.25) is 0 Å². The second kappa shape index (κ2) is 4.29. The number of aliphatic hydroxyl groups is 1. The van der Waals surface area contributed by atoms with Gasteiger partial charge in [-0.15, -0.1) is 0 Å². The van der Waals surface area contributed by atoms with Crippen LogP contribution in [-0.2, 0) is 0 Å². The molecule has 0 amide bonds. The van der Waals surface area contributed by atoms with Crippen LogP contribution in [0.3, 0.4) is 0 Å². The van der Waals surface area contributed by atoms with E-state index >= 15 is 0 Å². The highest BCUT2D eigenvalue weighted by molar-refractivity contribution is 8.00. The molecule has 0 aromatic rings. The normalized spacial score (nSPS) is 52.0. The molecule has 88 valence electrons. The Balaban J connectivity index is 1.99. The van der Waals surface area contributed by atoms with Crippen molar-refractivity contribution < 1.29 is 5.11 Å². The number of hydrogen-bond acceptors (Lipinski definition) is 2. The highest BCUT2D eigenvalue weighted by atomic mass is 32.2. The molecule has 15 heavy (non-hydrogen) atoms. The number of thioether (sulfide) groups is 1. The summed E-state index contributed by atoms with van der Waals surface area (Å²) >= 11 is 1.95. The fourth-order valence-electron chi connectivity index (χ4n) is 3.22. The highest BCUT2D eigenvalue weighted by Crippen LogP contribution is 2.46. The fraction of sp³-hybridized carbons (Fsp3) is 1.00. The van der Waals surface area contributed by atoms with E-state index in [1.807, 2.05) is 11.8 Å². The lowest BCUT2D eigenvalue weighted by atomic mass is 9.69. The molecule has 1 nitrogen and oxygen atoms in total. The third-order valence-corrected chi connectivity index (χ3v) is 6.02. The standard InChI is InChI=1S/C13H24OS/c1-9-4-5-12(6-10(9)2)13(14)7-11(3)15-8-13/h9-12,14H,4-8H2,1-3H3. The minimum absolute atomic E-state index is 0.335. The summed E-state index contributed by atoms with van der Waals surface area (Å²) in [5, 5.41) is 11.3. The molecule has 0 aromatic heterocycles. The summed E-state index contributed by atoms with van der Waals surface area (Å²) < 4.78 is 0. The molecule has 1 aliphatic carbocycles. The first-order valence-electron chi connectivity index (χ1n) is 6.35. The van der Waals surface area contributed by atoms with Gasteiger partial charge in [0.1, 0.15) is 0 Å². The van der Waals surface area contributed by atoms with Gasteiger partial charge in [0.25, 0.3) is 0 Å². The second-order valence-electron chi connectivity index (χ2n) is 5.89. The lowest BCUT2D eigenvalue weighted by molar-refractivity contribution is -0.0283. The molecule has 2 rings (SSSR count). The van der Waals surface area contributed by atoms with Crippen LogP contribution >= 0.6 is 11.8 Å². The first-order chi connectivity index (χ1) is 7.01. The average Bonchev–Trinajstić information content (AvgIpc) is 2.52. The smallest absolute Gasteiger partial charge is 0.0776 e. The molecule has 1 N–H and O–H groups in total. The van der Waals surface area contributed by atoms with E-state index in [2.05, 4.69) is 20.8 Å². The van der Waals surface area contributed by atoms with E-state index in [4.69, 9.17) is 0 Å². The zero-order chi connectivity index (χ0) is 11.1. The summed E-state index contributed by atoms with van der Waals surface area (Å²) in [4.78, 5) is 0. The van der Waals surface area contributed by atoms with Gasteiger partial charge in [-0.05, 0) is 37.0 Å². The Morgan fingerprint density at radius 1 is 1.13 bits per heavy atom. The minimum Gasteiger partial charge on any atom is -0.389 e. The molecule has 0 spiro atoms. The van der Waals surface area contributed by atoms with Crippen molar-refractivity contribution in [2.24, 2.45) is 17.8 Å². The third kappa shape index (κ3) is 2.36. The lowest BCUT2D eigenvalue weighted by Crippen LogP contribution is -2.42. The summed E-state index contributed by atoms with van der Waals surface area (Å²) in [6, 6.07) is 0. The quantitative estimate of drug-likeness (QED) is 0.743. The molecular weight excluding hydrogens is 204 g/mol. The zero-order valence-electron chi connectivity index (χ0n) is 10.2. The largest absolute Gasteiger partial charge is 0.389 e. The highest BCUT2D eigenvalue weighted by Gasteiger charge is 2.44. The van der Waals surface area contributed by atoms with E-state index in [-0.39, 0.29) is 5.60 Å². The van der Waals surface area contributed by atoms with Gasteiger partial charge < -0.3 is 5.11 Å². The van der Waals surface area contributed by atoms with Gasteiger partial charge in [0.05, 0.1) is 5.60 Å². The van der Waals surface area contributed by atoms with Gasteiger partial charge in [0.2, 0.25) is 0 Å². The average molecular weight is 228 g/mol. The Labute approximate surface area is 98.0 Å². The molecule has 1 saturated carbocycles. The molecule has 5 atom stereocenters. The molecule has 2 heteroatoms. The predicted molar refractivity (Wildman–Crippen MR) is 67.2 cm³/mol. The maximum atomic E-state index is 10.7. The fourth-order valence-corrected chi connectivity index (χ4v) is 4.56. The van der Waals surface area contributed by atoms with Crippen molar-refractivity contribution in [2.75, 3.05) is 5.75 Å². The van der Waals surface area contributed by atoms with E-state index in [0.29, 0.717) is 11.2 Å². The van der Waals surface area contributed by atoms with E-state index in [1.165, 1.54) is 19.3 Å². The Morgan fingerprint density at radius 2 is 1.87 bits per heavy atom. The predicted octanol–water partition coefficient (Wildman–Crippen LogP) is 3.32. The Bertz CT molecular complexity index is 231. The molecule has 1 saturated heterocycles. The van der Waals surface area contributed by atoms with E-state index in [1.54, 1.807) is 0 Å². The monoisotopic (exact) mass is 228 g/mol. The Kier molecular flexibility index (Phi) is 3.37. The van der Waals surface area contributed by atoms with Gasteiger partial charge in [-0.1, -0.05) is 27.2 Å². The summed E-state index contributed by atoms with van der Waals surface area (Å²) in [5.41, 5.74) is -0.335. The van der Waals surface area contributed by atoms with Crippen molar-refractivity contribution in [3.8, 4) is 0 Å². The SMILES string of the molecule is CC1CC(O)(C2CCC(C)C(C)C2)CS1. The van der Waals surface area contributed by atoms with Crippen LogP contribution in [0.15, 0.2) is 0 Å². The van der Waals surface area contributed by atoms with Crippen LogP contribution in [0.5, 0.6) is 0 Å². The van der Waals surface area contributed by atoms with E-state index in [9.17, 15) is 5.11 Å². The Hall–Kier alpha value is 0.310. The van der Waals surface area contributed by atoms with Crippen LogP contribution in [0.25, 0.3) is 0 Å². The van der Waals surface area contributed by atoms with Crippen molar-refractivity contribution in [1.29, 1.82) is 0 Å². The van der Waals surface area contributed by atoms with Gasteiger partial charge in [0, 0.05) is 11.0 Å². The van der Waals surface area contributed by atoms with Crippen LogP contribution in [0.2, 0.25) is 0 Å². The molecule has 1 aliphatic heterocycles. The van der Waals surface area contributed by atoms with Gasteiger partial charge in [-0.25, -0.2) is 0 Å². The van der Waals surface area contributed by atoms with Gasteiger partial charge in [-0.2, -0.15) is 11.8 Å². The summed E-state index contributed by atoms with van der Waals surface area (Å²) in [6.45, 7) is 6.96. The summed E-state index contributed by atoms with van der Waals surface area (Å²) in [6.07, 6.45) is 4.82. The maximum Gasteiger partial charge on any atom is 0.0776 e. The Morgan fingerprint density at radius 3 is 2.40 bits per heavy atom. The van der Waals surface area contributed by atoms with Crippen LogP contribution in [-0.4, -0.2) is 21.7 Å². The van der Waals surface area contributed by atoms with Gasteiger partial charge in [0.15, 0.2) is 0 Å². The minimum atomic E-state index is -0.335. The molecule has 2 fully saturated rings. The third-order valence-electron chi connectivity index (χ3n) is 4.62. The van der Waals surface area contributed by atoms with Crippen LogP contribution in [0.1, 0.15) is 46.5 Å². The van der Waals surface area contributed by atoms with Crippen molar-refractivity contribution >= 4 is 11.8 Å². The van der Waals surface area contributed by atoms with E-state index in [0.717, 1.165) is 24.0 Å². The summed E-state index contributed by atoms with van der Waals surface area (Å²) in [5.74, 6) is 3.20. The van der Waals surface area contributed by atoms with Crippen LogP contribution < -0.4 is 0 Å². The van der Waals surface area contributed by atoms with Crippen molar-refractivity contribution in [2.45, 2.75) is 57.3 Å². The molecule has 2 aliphatic rings. The molecule has 0 bridgehead atoms. The molecular formula is C13H24OS. The van der Waals surface area contributed by atoms with Crippen molar-refractivity contribution in [1.82, 2.24) is 0 Å². The first kappa shape index (κ1) is 11.8. The molecule has 0 aromatic carbocycles. The second-order valence-corrected chi connectivity index (χ2v) is 7.32. The van der Waals surface area contributed by atoms with Crippen molar-refractivity contribution in [3.63, 3.8) is 0 Å². The number of rotatable bonds is 1. The molecule has 5 unspecified atom stereocenters. The topological polar surface area (TPSA) is 20.2 Å². The number of hydrogen-bond donors (Lipinski definition) is 1. The zero-order valence-corrected chi connectivity index (χ0v) is 11.0. The summed E-state index contributed by atoms with van der Waals surface area (Å²) in [7, 11) is 0.